The Morgan fingerprint density at radius 2 is 1.58 bits per heavy atom. The molecule has 26 heavy (non-hydrogen) atoms. The second-order valence-electron chi connectivity index (χ2n) is 6.23. The summed E-state index contributed by atoms with van der Waals surface area (Å²) in [5.41, 5.74) is 1.37. The first-order valence-corrected chi connectivity index (χ1v) is 8.35. The lowest BCUT2D eigenvalue weighted by Crippen LogP contribution is -2.44. The number of aromatic nitrogens is 2. The second kappa shape index (κ2) is 6.48. The zero-order valence-electron chi connectivity index (χ0n) is 13.9. The Hall–Kier alpha value is -3.41. The van der Waals surface area contributed by atoms with Gasteiger partial charge in [-0.3, -0.25) is 14.3 Å². The fourth-order valence-electron chi connectivity index (χ4n) is 3.51. The first-order valence-electron chi connectivity index (χ1n) is 8.35. The highest BCUT2D eigenvalue weighted by molar-refractivity contribution is 5.95. The zero-order valence-corrected chi connectivity index (χ0v) is 13.9. The molecule has 130 valence electrons. The van der Waals surface area contributed by atoms with Gasteiger partial charge in [0.1, 0.15) is 0 Å². The molecule has 0 fully saturated rings. The van der Waals surface area contributed by atoms with E-state index in [1.165, 1.54) is 4.68 Å². The van der Waals surface area contributed by atoms with Gasteiger partial charge in [-0.05, 0) is 11.1 Å². The van der Waals surface area contributed by atoms with Gasteiger partial charge in [-0.2, -0.15) is 5.10 Å². The van der Waals surface area contributed by atoms with Crippen LogP contribution in [0.2, 0.25) is 0 Å². The molecule has 6 heteroatoms. The number of fused-ring (bicyclic) bond motifs is 1. The van der Waals surface area contributed by atoms with Crippen LogP contribution in [0.5, 0.6) is 5.75 Å². The Balaban J connectivity index is 1.91. The van der Waals surface area contributed by atoms with Crippen molar-refractivity contribution < 1.29 is 9.90 Å². The number of rotatable bonds is 3. The normalized spacial score (nSPS) is 16.2. The summed E-state index contributed by atoms with van der Waals surface area (Å²) < 4.78 is 1.47. The van der Waals surface area contributed by atoms with Gasteiger partial charge in [-0.1, -0.05) is 60.7 Å². The highest BCUT2D eigenvalue weighted by atomic mass is 16.3. The van der Waals surface area contributed by atoms with Gasteiger partial charge in [-0.25, -0.2) is 0 Å². The third-order valence-corrected chi connectivity index (χ3v) is 4.69. The molecule has 0 bridgehead atoms. The van der Waals surface area contributed by atoms with Crippen molar-refractivity contribution in [3.05, 3.63) is 93.9 Å². The number of hydrogen-bond acceptors (Lipinski definition) is 4. The van der Waals surface area contributed by atoms with Crippen LogP contribution in [-0.2, 0) is 0 Å². The van der Waals surface area contributed by atoms with Crippen LogP contribution < -0.4 is 10.7 Å². The van der Waals surface area contributed by atoms with E-state index in [0.717, 1.165) is 17.3 Å². The van der Waals surface area contributed by atoms with Crippen molar-refractivity contribution in [3.8, 4) is 5.75 Å². The Morgan fingerprint density at radius 3 is 2.15 bits per heavy atom. The first-order chi connectivity index (χ1) is 12.7. The van der Waals surface area contributed by atoms with E-state index in [2.05, 4.69) is 10.4 Å². The smallest absolute Gasteiger partial charge is 0.273 e. The molecule has 1 aliphatic rings. The van der Waals surface area contributed by atoms with Crippen molar-refractivity contribution in [2.45, 2.75) is 12.0 Å². The van der Waals surface area contributed by atoms with E-state index in [-0.39, 0.29) is 17.7 Å². The number of carbonyl (C=O) groups excluding carboxylic acids is 1. The van der Waals surface area contributed by atoms with Gasteiger partial charge in [0.2, 0.25) is 5.43 Å². The van der Waals surface area contributed by atoms with Gasteiger partial charge >= 0.3 is 0 Å². The minimum atomic E-state index is -0.664. The maximum atomic E-state index is 12.2. The second-order valence-corrected chi connectivity index (χ2v) is 6.23. The van der Waals surface area contributed by atoms with E-state index in [4.69, 9.17) is 0 Å². The average Bonchev–Trinajstić information content (AvgIpc) is 2.68. The van der Waals surface area contributed by atoms with E-state index >= 15 is 0 Å². The molecule has 4 rings (SSSR count). The number of hydrogen-bond donors (Lipinski definition) is 2. The summed E-state index contributed by atoms with van der Waals surface area (Å²) in [4.78, 5) is 24.0. The number of nitrogens with one attached hydrogen (secondary N) is 1. The summed E-state index contributed by atoms with van der Waals surface area (Å²) in [6.07, 6.45) is 1.05. The van der Waals surface area contributed by atoms with E-state index in [0.29, 0.717) is 6.54 Å². The molecule has 1 atom stereocenters. The van der Waals surface area contributed by atoms with Crippen molar-refractivity contribution >= 4 is 5.91 Å². The van der Waals surface area contributed by atoms with Gasteiger partial charge < -0.3 is 10.4 Å². The van der Waals surface area contributed by atoms with Gasteiger partial charge in [0.05, 0.1) is 12.2 Å². The summed E-state index contributed by atoms with van der Waals surface area (Å²) in [5.74, 6) is -1.17. The summed E-state index contributed by atoms with van der Waals surface area (Å²) in [6, 6.07) is 19.6. The summed E-state index contributed by atoms with van der Waals surface area (Å²) in [6.45, 7) is 0.343. The van der Waals surface area contributed by atoms with Gasteiger partial charge in [0.25, 0.3) is 5.91 Å². The fraction of sp³-hybridized carbons (Fsp3) is 0.150. The SMILES string of the molecule is O=C1NC[C@H](C(c2ccccc2)c2ccccc2)n2ncc(=O)c(O)c21. The van der Waals surface area contributed by atoms with Crippen molar-refractivity contribution in [2.75, 3.05) is 6.54 Å². The van der Waals surface area contributed by atoms with Crippen LogP contribution in [0.3, 0.4) is 0 Å². The fourth-order valence-corrected chi connectivity index (χ4v) is 3.51. The number of amides is 1. The molecule has 0 aliphatic carbocycles. The molecule has 1 amide bonds. The molecule has 2 heterocycles. The summed E-state index contributed by atoms with van der Waals surface area (Å²) in [7, 11) is 0. The minimum absolute atomic E-state index is 0.0920. The van der Waals surface area contributed by atoms with Crippen LogP contribution >= 0.6 is 0 Å². The van der Waals surface area contributed by atoms with Crippen molar-refractivity contribution in [3.63, 3.8) is 0 Å². The molecule has 3 aromatic rings. The van der Waals surface area contributed by atoms with Crippen molar-refractivity contribution in [2.24, 2.45) is 0 Å². The lowest BCUT2D eigenvalue weighted by molar-refractivity contribution is 0.0896. The Morgan fingerprint density at radius 1 is 1.00 bits per heavy atom. The van der Waals surface area contributed by atoms with Gasteiger partial charge in [0, 0.05) is 12.5 Å². The van der Waals surface area contributed by atoms with E-state index in [1.54, 1.807) is 0 Å². The third-order valence-electron chi connectivity index (χ3n) is 4.69. The standard InChI is InChI=1S/C20H17N3O3/c24-16-12-22-23-15(11-21-20(26)18(23)19(16)25)17(13-7-3-1-4-8-13)14-9-5-2-6-10-14/h1-10,12,15,17,25H,11H2,(H,21,26)/t15-/m1/s1. The molecule has 1 aliphatic heterocycles. The zero-order chi connectivity index (χ0) is 18.1. The largest absolute Gasteiger partial charge is 0.502 e. The van der Waals surface area contributed by atoms with Gasteiger partial charge in [-0.15, -0.1) is 0 Å². The number of carbonyl (C=O) groups is 1. The molecule has 0 spiro atoms. The van der Waals surface area contributed by atoms with E-state index in [9.17, 15) is 14.7 Å². The Bertz CT molecular complexity index is 960. The first kappa shape index (κ1) is 16.1. The number of nitrogens with zero attached hydrogens (tertiary/aromatic N) is 2. The van der Waals surface area contributed by atoms with Crippen LogP contribution in [0, 0.1) is 0 Å². The predicted molar refractivity (Wildman–Crippen MR) is 96.3 cm³/mol. The Kier molecular flexibility index (Phi) is 4.01. The molecule has 1 aromatic heterocycles. The number of aromatic hydroxyl groups is 1. The highest BCUT2D eigenvalue weighted by Gasteiger charge is 2.35. The van der Waals surface area contributed by atoms with Gasteiger partial charge in [0.15, 0.2) is 11.4 Å². The number of benzene rings is 2. The lowest BCUT2D eigenvalue weighted by Gasteiger charge is -2.34. The third kappa shape index (κ3) is 2.65. The van der Waals surface area contributed by atoms with Crippen LogP contribution in [0.4, 0.5) is 0 Å². The summed E-state index contributed by atoms with van der Waals surface area (Å²) >= 11 is 0. The molecule has 0 unspecified atom stereocenters. The molecule has 0 saturated heterocycles. The van der Waals surface area contributed by atoms with E-state index in [1.807, 2.05) is 60.7 Å². The predicted octanol–water partition coefficient (Wildman–Crippen LogP) is 2.07. The molecular weight excluding hydrogens is 330 g/mol. The van der Waals surface area contributed by atoms with Crippen LogP contribution in [0.15, 0.2) is 71.7 Å². The topological polar surface area (TPSA) is 84.2 Å². The molecule has 2 N–H and O–H groups in total. The summed E-state index contributed by atoms with van der Waals surface area (Å²) in [5, 5.41) is 17.1. The lowest BCUT2D eigenvalue weighted by atomic mass is 9.84. The Labute approximate surface area is 149 Å². The monoisotopic (exact) mass is 347 g/mol. The molecular formula is C20H17N3O3. The van der Waals surface area contributed by atoms with Crippen LogP contribution in [0.1, 0.15) is 33.6 Å². The highest BCUT2D eigenvalue weighted by Crippen LogP contribution is 2.37. The van der Waals surface area contributed by atoms with Crippen molar-refractivity contribution in [1.82, 2.24) is 15.1 Å². The molecule has 0 saturated carbocycles. The average molecular weight is 347 g/mol. The maximum absolute atomic E-state index is 12.2. The van der Waals surface area contributed by atoms with Crippen LogP contribution in [0.25, 0.3) is 0 Å². The molecule has 2 aromatic carbocycles. The maximum Gasteiger partial charge on any atom is 0.273 e. The minimum Gasteiger partial charge on any atom is -0.502 e. The quantitative estimate of drug-likeness (QED) is 0.760. The molecule has 0 radical (unpaired) electrons. The molecule has 6 nitrogen and oxygen atoms in total. The van der Waals surface area contributed by atoms with E-state index < -0.39 is 17.1 Å². The van der Waals surface area contributed by atoms with Crippen molar-refractivity contribution in [1.29, 1.82) is 0 Å². The van der Waals surface area contributed by atoms with Crippen LogP contribution in [-0.4, -0.2) is 27.3 Å².